The number of anilines is 9. The molecular weight excluding hydrogens is 1550 g/mol. The van der Waals surface area contributed by atoms with Gasteiger partial charge in [0.05, 0.1) is 87.5 Å². The molecule has 3 aromatic heterocycles. The van der Waals surface area contributed by atoms with Gasteiger partial charge < -0.3 is 89.1 Å². The van der Waals surface area contributed by atoms with Gasteiger partial charge in [-0.2, -0.15) is 15.8 Å². The third-order valence-corrected chi connectivity index (χ3v) is 23.9. The summed E-state index contributed by atoms with van der Waals surface area (Å²) in [6.45, 7) is 17.9. The van der Waals surface area contributed by atoms with Crippen molar-refractivity contribution in [2.75, 3.05) is 188 Å². The maximum atomic E-state index is 12.1. The summed E-state index contributed by atoms with van der Waals surface area (Å²) in [5.74, 6) is 4.32. The highest BCUT2D eigenvalue weighted by molar-refractivity contribution is 5.79. The van der Waals surface area contributed by atoms with E-state index >= 15 is 0 Å². The van der Waals surface area contributed by atoms with E-state index in [1.807, 2.05) is 49.4 Å². The van der Waals surface area contributed by atoms with Crippen LogP contribution in [0.4, 0.5) is 51.6 Å². The van der Waals surface area contributed by atoms with E-state index in [9.17, 15) is 40.4 Å². The zero-order valence-electron chi connectivity index (χ0n) is 67.9. The summed E-state index contributed by atoms with van der Waals surface area (Å²) in [4.78, 5) is 80.0. The number of aliphatic hydroxyl groups excluding tert-OH is 3. The lowest BCUT2D eigenvalue weighted by Crippen LogP contribution is -2.56. The number of benzene rings is 6. The van der Waals surface area contributed by atoms with Crippen molar-refractivity contribution < 1.29 is 58.1 Å². The summed E-state index contributed by atoms with van der Waals surface area (Å²) in [7, 11) is 0. The number of nitrogens with one attached hydrogen (secondary N) is 3. The number of carbonyl (C=O) groups is 3. The standard InChI is InChI=1S/C32H35N7O4.C31H35N7O4.C27H28N6O4/c33-16-23-15-22(1-6-28(23)43-29-14-21-13-27(29)39(17-21)31(41)18-40)32-34-8-7-30(36-32)35-24-2-4-25(5-3-24)37-9-11-38(12-10-37)26-19-42-20-26;1-21-16-38(30(40)18-39)17-28(21)42-27-7-2-22(14-23(27)15-32)31-33-9-8-29(35-31)34-24-3-5-25(6-4-24)36-10-12-37(13-11-36)26-19-41-20-26;28-16-20-15-19(1-6-24(20)37-23-8-10-33(17-23)26(35)18-34)27-29-9-7-25(31-27)30-21-2-4-22(5-3-21)32-11-13-36-14-12-32/h1-8,15,21,26-27,29,40H,9-14,17-20H2,(H,34,35,36);2-9,14,21,26,28,39H,10-13,16-20H2,1H3,(H,33,34,35);1-7,9,15,23,34H,8,10-14,17-18H2,(H,29,30,31)/t;21-,28?;23-/m.01/s1. The Morgan fingerprint density at radius 3 is 1.25 bits per heavy atom. The molecule has 4 unspecified atom stereocenters. The number of nitriles is 3. The minimum absolute atomic E-state index is 0.0737. The number of aliphatic hydroxyl groups is 3. The number of nitrogens with zero attached hydrogens (tertiary/aromatic N) is 17. The van der Waals surface area contributed by atoms with E-state index in [2.05, 4.69) is 144 Å². The van der Waals surface area contributed by atoms with Crippen LogP contribution in [0.1, 0.15) is 42.9 Å². The van der Waals surface area contributed by atoms with E-state index in [-0.39, 0.29) is 48.0 Å². The highest BCUT2D eigenvalue weighted by atomic mass is 16.5. The molecule has 3 amide bonds. The van der Waals surface area contributed by atoms with Gasteiger partial charge in [0.25, 0.3) is 0 Å². The predicted octanol–water partition coefficient (Wildman–Crippen LogP) is 7.71. The van der Waals surface area contributed by atoms with Crippen molar-refractivity contribution in [3.05, 3.63) is 181 Å². The summed E-state index contributed by atoms with van der Waals surface area (Å²) in [6.07, 6.45) is 6.70. The summed E-state index contributed by atoms with van der Waals surface area (Å²) in [6, 6.07) is 54.1. The monoisotopic (exact) mass is 1650 g/mol. The number of ether oxygens (including phenoxy) is 6. The van der Waals surface area contributed by atoms with Crippen LogP contribution in [-0.2, 0) is 28.6 Å². The van der Waals surface area contributed by atoms with Gasteiger partial charge in [-0.3, -0.25) is 24.2 Å². The fourth-order valence-electron chi connectivity index (χ4n) is 16.9. The lowest BCUT2D eigenvalue weighted by molar-refractivity contribution is -0.138. The largest absolute Gasteiger partial charge is 0.487 e. The Kier molecular flexibility index (Phi) is 26.4. The lowest BCUT2D eigenvalue weighted by atomic mass is 10.1. The molecule has 2 bridgehead atoms. The molecular formula is C90H98N20O12. The number of amides is 3. The molecule has 122 heavy (non-hydrogen) atoms. The first-order valence-electron chi connectivity index (χ1n) is 41.6. The van der Waals surface area contributed by atoms with Gasteiger partial charge >= 0.3 is 0 Å². The number of rotatable bonds is 23. The number of hydrogen-bond donors (Lipinski definition) is 6. The summed E-state index contributed by atoms with van der Waals surface area (Å²) in [5, 5.41) is 67.0. The molecule has 0 radical (unpaired) electrons. The Morgan fingerprint density at radius 1 is 0.443 bits per heavy atom. The van der Waals surface area contributed by atoms with Crippen LogP contribution in [0, 0.1) is 45.8 Å². The van der Waals surface area contributed by atoms with Gasteiger partial charge in [-0.15, -0.1) is 0 Å². The second-order valence-electron chi connectivity index (χ2n) is 31.7. The van der Waals surface area contributed by atoms with Crippen LogP contribution in [0.3, 0.4) is 0 Å². The maximum absolute atomic E-state index is 12.1. The van der Waals surface area contributed by atoms with Crippen LogP contribution in [-0.4, -0.2) is 282 Å². The second kappa shape index (κ2) is 38.8. The summed E-state index contributed by atoms with van der Waals surface area (Å²) >= 11 is 0. The van der Waals surface area contributed by atoms with Crippen molar-refractivity contribution in [2.45, 2.75) is 62.6 Å². The van der Waals surface area contributed by atoms with Crippen molar-refractivity contribution in [1.29, 1.82) is 15.8 Å². The molecule has 8 aliphatic heterocycles. The fraction of sp³-hybridized carbons (Fsp3) is 0.400. The average Bonchev–Trinajstić information content (AvgIpc) is 1.61. The number of piperazine rings is 2. The molecule has 32 nitrogen and oxygen atoms in total. The van der Waals surface area contributed by atoms with Crippen molar-refractivity contribution >= 4 is 69.3 Å². The Bertz CT molecular complexity index is 5280. The molecule has 0 spiro atoms. The van der Waals surface area contributed by atoms with Gasteiger partial charge in [-0.1, -0.05) is 6.92 Å². The molecule has 6 N–H and O–H groups in total. The van der Waals surface area contributed by atoms with Gasteiger partial charge in [0.2, 0.25) is 17.7 Å². The smallest absolute Gasteiger partial charge is 0.248 e. The molecule has 9 aliphatic rings. The zero-order chi connectivity index (χ0) is 84.0. The van der Waals surface area contributed by atoms with Crippen LogP contribution < -0.4 is 44.9 Å². The number of likely N-dealkylation sites (tertiary alicyclic amines) is 3. The molecule has 6 atom stereocenters. The number of carbonyl (C=O) groups excluding carboxylic acids is 3. The SMILES string of the molecule is C[C@H]1CN(C(=O)CO)CC1Oc1ccc(-c2nccc(Nc3ccc(N4CCN(C5COC5)CC4)cc3)n2)cc1C#N.N#Cc1cc(-c2nccc(Nc3ccc(N4CCN(C5COC5)CC4)cc3)n2)ccc1OC1CC2CC1N(C(=O)CO)C2.N#Cc1cc(-c2nccc(Nc3ccc(N4CCOCC4)cc3)n2)ccc1O[C@@H]1CCN(C(=O)CO)C1. The number of fused-ring (bicyclic) bond motifs is 2. The highest BCUT2D eigenvalue weighted by Gasteiger charge is 2.48. The van der Waals surface area contributed by atoms with E-state index in [1.165, 1.54) is 11.4 Å². The third kappa shape index (κ3) is 19.8. The molecule has 9 aromatic rings. The molecule has 6 aromatic carbocycles. The quantitative estimate of drug-likeness (QED) is 0.0357. The molecule has 32 heteroatoms. The van der Waals surface area contributed by atoms with Crippen molar-refractivity contribution in [3.8, 4) is 69.6 Å². The lowest BCUT2D eigenvalue weighted by Gasteiger charge is -2.43. The summed E-state index contributed by atoms with van der Waals surface area (Å²) in [5.41, 5.74) is 9.57. The van der Waals surface area contributed by atoms with E-state index in [4.69, 9.17) is 38.5 Å². The van der Waals surface area contributed by atoms with Crippen LogP contribution in [0.15, 0.2) is 164 Å². The Balaban J connectivity index is 0.000000136. The maximum Gasteiger partial charge on any atom is 0.248 e. The molecule has 630 valence electrons. The van der Waals surface area contributed by atoms with Crippen LogP contribution in [0.2, 0.25) is 0 Å². The average molecular weight is 1650 g/mol. The van der Waals surface area contributed by atoms with Gasteiger partial charge in [-0.25, -0.2) is 29.9 Å². The molecule has 18 rings (SSSR count). The fourth-order valence-corrected chi connectivity index (χ4v) is 16.9. The molecule has 1 aliphatic carbocycles. The molecule has 9 fully saturated rings. The Morgan fingerprint density at radius 2 is 0.852 bits per heavy atom. The first-order valence-corrected chi connectivity index (χ1v) is 41.6. The second-order valence-corrected chi connectivity index (χ2v) is 31.7. The first-order chi connectivity index (χ1) is 59.7. The topological polar surface area (TPSA) is 378 Å². The van der Waals surface area contributed by atoms with Crippen LogP contribution in [0.5, 0.6) is 17.2 Å². The third-order valence-electron chi connectivity index (χ3n) is 23.9. The highest BCUT2D eigenvalue weighted by Crippen LogP contribution is 2.42. The van der Waals surface area contributed by atoms with Gasteiger partial charge in [0.15, 0.2) is 17.5 Å². The van der Waals surface area contributed by atoms with Gasteiger partial charge in [0.1, 0.15) is 91.0 Å². The van der Waals surface area contributed by atoms with Crippen molar-refractivity contribution in [1.82, 2.24) is 54.4 Å². The molecule has 11 heterocycles. The summed E-state index contributed by atoms with van der Waals surface area (Å²) < 4.78 is 34.5. The van der Waals surface area contributed by atoms with Crippen molar-refractivity contribution in [2.24, 2.45) is 11.8 Å². The van der Waals surface area contributed by atoms with Gasteiger partial charge in [0, 0.05) is 167 Å². The number of piperidine rings is 1. The minimum atomic E-state index is -0.522. The minimum Gasteiger partial charge on any atom is -0.487 e. The normalized spacial score (nSPS) is 20.8. The Hall–Kier alpha value is -12.7. The van der Waals surface area contributed by atoms with Crippen LogP contribution in [0.25, 0.3) is 34.2 Å². The van der Waals surface area contributed by atoms with Crippen LogP contribution >= 0.6 is 0 Å². The zero-order valence-corrected chi connectivity index (χ0v) is 67.9. The van der Waals surface area contributed by atoms with E-state index < -0.39 is 19.8 Å². The number of aromatic nitrogens is 6. The van der Waals surface area contributed by atoms with Gasteiger partial charge in [-0.05, 0) is 164 Å². The molecule has 8 saturated heterocycles. The van der Waals surface area contributed by atoms with Crippen molar-refractivity contribution in [3.63, 3.8) is 0 Å². The number of hydrogen-bond acceptors (Lipinski definition) is 29. The Labute approximate surface area is 707 Å². The van der Waals surface area contributed by atoms with E-state index in [0.29, 0.717) is 143 Å². The number of morpholine rings is 1. The molecule has 1 saturated carbocycles. The predicted molar refractivity (Wildman–Crippen MR) is 455 cm³/mol. The van der Waals surface area contributed by atoms with E-state index in [1.54, 1.807) is 75.8 Å². The first kappa shape index (κ1) is 83.0. The van der Waals surface area contributed by atoms with E-state index in [0.717, 1.165) is 141 Å².